The van der Waals surface area contributed by atoms with Crippen LogP contribution in [0.2, 0.25) is 0 Å². The SMILES string of the molecule is COc1cnc(O[C@@H]2C[C@H]3C(=O)C[C@]4(C(=O)NS(=O)(=O)C5(CF)CC5)C[C@H]4/C=C\CC[C@@H](C)C[C@@H](C)[C@H](CC(=O)OC4COC4)C(=O)N3C2)c2ccccc12. The number of rotatable bonds is 10. The van der Waals surface area contributed by atoms with E-state index in [9.17, 15) is 32.0 Å². The number of allylic oxidation sites excluding steroid dienone is 2. The van der Waals surface area contributed by atoms with Crippen molar-refractivity contribution in [1.82, 2.24) is 14.6 Å². The molecule has 4 fully saturated rings. The lowest BCUT2D eigenvalue weighted by Crippen LogP contribution is -2.48. The minimum Gasteiger partial charge on any atom is -0.494 e. The maximum absolute atomic E-state index is 14.8. The molecule has 2 amide bonds. The molecule has 1 N–H and O–H groups in total. The number of ketones is 1. The van der Waals surface area contributed by atoms with Gasteiger partial charge in [-0.2, -0.15) is 0 Å². The van der Waals surface area contributed by atoms with E-state index in [1.165, 1.54) is 4.90 Å². The highest BCUT2D eigenvalue weighted by Gasteiger charge is 2.63. The average Bonchev–Trinajstić information content (AvgIpc) is 4.05. The number of pyridine rings is 1. The minimum atomic E-state index is -4.34. The molecule has 5 aliphatic rings. The minimum absolute atomic E-state index is 0.0114. The van der Waals surface area contributed by atoms with Crippen molar-refractivity contribution in [2.45, 2.75) is 94.6 Å². The molecular weight excluding hydrogens is 734 g/mol. The van der Waals surface area contributed by atoms with Crippen molar-refractivity contribution < 1.29 is 50.9 Å². The van der Waals surface area contributed by atoms with Gasteiger partial charge in [0.2, 0.25) is 27.7 Å². The van der Waals surface area contributed by atoms with Crippen molar-refractivity contribution in [3.8, 4) is 11.6 Å². The summed E-state index contributed by atoms with van der Waals surface area (Å²) in [5.41, 5.74) is -1.39. The summed E-state index contributed by atoms with van der Waals surface area (Å²) in [6, 6.07) is 6.38. The Morgan fingerprint density at radius 2 is 1.84 bits per heavy atom. The van der Waals surface area contributed by atoms with E-state index < -0.39 is 74.4 Å². The van der Waals surface area contributed by atoms with Gasteiger partial charge in [-0.05, 0) is 62.3 Å². The number of nitrogens with one attached hydrogen (secondary N) is 1. The van der Waals surface area contributed by atoms with E-state index in [1.807, 2.05) is 43.3 Å². The van der Waals surface area contributed by atoms with Crippen LogP contribution in [0.4, 0.5) is 4.39 Å². The van der Waals surface area contributed by atoms with Gasteiger partial charge < -0.3 is 23.8 Å². The molecule has 2 saturated carbocycles. The summed E-state index contributed by atoms with van der Waals surface area (Å²) >= 11 is 0. The molecular formula is C40H50FN3O10S. The highest BCUT2D eigenvalue weighted by Crippen LogP contribution is 2.58. The molecule has 2 aromatic rings. The second kappa shape index (κ2) is 15.4. The lowest BCUT2D eigenvalue weighted by atomic mass is 9.82. The number of amides is 2. The molecule has 2 aliphatic carbocycles. The number of ether oxygens (including phenoxy) is 4. The van der Waals surface area contributed by atoms with Gasteiger partial charge in [-0.25, -0.2) is 17.8 Å². The summed E-state index contributed by atoms with van der Waals surface area (Å²) in [5.74, 6) is -2.62. The molecule has 3 aliphatic heterocycles. The second-order valence-corrected chi connectivity index (χ2v) is 18.4. The Kier molecular flexibility index (Phi) is 11.0. The molecule has 7 rings (SSSR count). The number of hydrogen-bond acceptors (Lipinski definition) is 11. The van der Waals surface area contributed by atoms with E-state index in [1.54, 1.807) is 13.3 Å². The van der Waals surface area contributed by atoms with Gasteiger partial charge in [0.05, 0.1) is 56.9 Å². The Morgan fingerprint density at radius 3 is 2.51 bits per heavy atom. The maximum Gasteiger partial charge on any atom is 0.307 e. The topological polar surface area (TPSA) is 167 Å². The summed E-state index contributed by atoms with van der Waals surface area (Å²) in [4.78, 5) is 62.6. The summed E-state index contributed by atoms with van der Waals surface area (Å²) in [6.45, 7) is 3.53. The number of esters is 1. The van der Waals surface area contributed by atoms with Crippen LogP contribution in [0.5, 0.6) is 11.6 Å². The number of methoxy groups -OCH3 is 1. The first kappa shape index (κ1) is 39.1. The van der Waals surface area contributed by atoms with Gasteiger partial charge in [0.15, 0.2) is 5.78 Å². The number of alkyl halides is 1. The molecule has 2 saturated heterocycles. The predicted octanol–water partition coefficient (Wildman–Crippen LogP) is 4.47. The van der Waals surface area contributed by atoms with Gasteiger partial charge in [0.1, 0.15) is 29.4 Å². The van der Waals surface area contributed by atoms with Crippen molar-refractivity contribution in [2.24, 2.45) is 29.1 Å². The smallest absolute Gasteiger partial charge is 0.307 e. The van der Waals surface area contributed by atoms with Crippen LogP contribution in [0, 0.1) is 29.1 Å². The summed E-state index contributed by atoms with van der Waals surface area (Å²) in [7, 11) is -2.79. The maximum atomic E-state index is 14.8. The van der Waals surface area contributed by atoms with E-state index in [0.717, 1.165) is 11.8 Å². The molecule has 7 atom stereocenters. The number of fused-ring (bicyclic) bond motifs is 3. The number of sulfonamides is 1. The van der Waals surface area contributed by atoms with E-state index in [2.05, 4.69) is 16.6 Å². The zero-order valence-electron chi connectivity index (χ0n) is 31.5. The highest BCUT2D eigenvalue weighted by atomic mass is 32.2. The van der Waals surface area contributed by atoms with Crippen molar-refractivity contribution in [2.75, 3.05) is 33.5 Å². The molecule has 0 bridgehead atoms. The van der Waals surface area contributed by atoms with Crippen molar-refractivity contribution in [1.29, 1.82) is 0 Å². The van der Waals surface area contributed by atoms with Crippen molar-refractivity contribution in [3.05, 3.63) is 42.6 Å². The van der Waals surface area contributed by atoms with Crippen LogP contribution in [0.1, 0.15) is 71.6 Å². The van der Waals surface area contributed by atoms with Gasteiger partial charge in [-0.1, -0.05) is 44.2 Å². The standard InChI is InChI=1S/C40H50FN3O10S/c1-24-8-4-5-9-26-17-40(26,38(48)43-55(49,50)39(23-41)12-13-39)18-33(45)32-15-27(54-36-30-11-7-6-10-29(30)34(51-3)19-42-36)20-44(32)37(47)31(25(2)14-24)16-35(46)53-28-21-52-22-28/h5-7,9-11,19,24-28,31-32H,4,8,12-18,20-23H2,1-3H3,(H,43,48)/b9-5-/t24-,25-,26-,27-,31+,32+,40-/m1/s1. The quantitative estimate of drug-likeness (QED) is 0.267. The van der Waals surface area contributed by atoms with Gasteiger partial charge in [0.25, 0.3) is 0 Å². The number of nitrogens with zero attached hydrogens (tertiary/aromatic N) is 2. The third kappa shape index (κ3) is 7.83. The Balaban J connectivity index is 1.21. The van der Waals surface area contributed by atoms with Gasteiger partial charge in [0, 0.05) is 23.6 Å². The summed E-state index contributed by atoms with van der Waals surface area (Å²) in [6.07, 6.45) is 6.43. The number of benzene rings is 1. The lowest BCUT2D eigenvalue weighted by molar-refractivity contribution is -0.175. The number of halogens is 1. The first-order valence-electron chi connectivity index (χ1n) is 19.3. The third-order valence-corrected chi connectivity index (χ3v) is 14.4. The van der Waals surface area contributed by atoms with Crippen LogP contribution in [0.3, 0.4) is 0 Å². The van der Waals surface area contributed by atoms with Crippen LogP contribution in [0.25, 0.3) is 10.8 Å². The fourth-order valence-corrected chi connectivity index (χ4v) is 9.94. The molecule has 13 nitrogen and oxygen atoms in total. The predicted molar refractivity (Wildman–Crippen MR) is 198 cm³/mol. The molecule has 0 radical (unpaired) electrons. The zero-order chi connectivity index (χ0) is 39.1. The first-order valence-corrected chi connectivity index (χ1v) is 20.8. The molecule has 4 heterocycles. The zero-order valence-corrected chi connectivity index (χ0v) is 32.4. The van der Waals surface area contributed by atoms with Crippen molar-refractivity contribution >= 4 is 44.4 Å². The Labute approximate surface area is 320 Å². The molecule has 1 aromatic carbocycles. The molecule has 0 spiro atoms. The number of carbonyl (C=O) groups excluding carboxylic acids is 4. The molecule has 55 heavy (non-hydrogen) atoms. The second-order valence-electron chi connectivity index (χ2n) is 16.3. The molecule has 1 aromatic heterocycles. The molecule has 0 unspecified atom stereocenters. The van der Waals surface area contributed by atoms with E-state index >= 15 is 0 Å². The number of hydrogen-bond donors (Lipinski definition) is 1. The van der Waals surface area contributed by atoms with E-state index in [0.29, 0.717) is 43.1 Å². The van der Waals surface area contributed by atoms with Gasteiger partial charge in [-0.3, -0.25) is 23.9 Å². The lowest BCUT2D eigenvalue weighted by Gasteiger charge is -2.33. The molecule has 298 valence electrons. The van der Waals surface area contributed by atoms with Crippen molar-refractivity contribution in [3.63, 3.8) is 0 Å². The average molecular weight is 784 g/mol. The number of carbonyl (C=O) groups is 4. The summed E-state index contributed by atoms with van der Waals surface area (Å²) < 4.78 is 63.5. The fraction of sp³-hybridized carbons (Fsp3) is 0.625. The molecule has 15 heteroatoms. The van der Waals surface area contributed by atoms with E-state index in [4.69, 9.17) is 18.9 Å². The largest absolute Gasteiger partial charge is 0.494 e. The van der Waals surface area contributed by atoms with Crippen LogP contribution in [-0.2, 0) is 38.7 Å². The Morgan fingerprint density at radius 1 is 1.09 bits per heavy atom. The normalized spacial score (nSPS) is 31.5. The van der Waals surface area contributed by atoms with Crippen LogP contribution in [-0.4, -0.2) is 98.4 Å². The van der Waals surface area contributed by atoms with E-state index in [-0.39, 0.29) is 63.0 Å². The third-order valence-electron chi connectivity index (χ3n) is 12.3. The summed E-state index contributed by atoms with van der Waals surface area (Å²) in [5, 5.41) is 1.45. The fourth-order valence-electron chi connectivity index (χ4n) is 8.49. The van der Waals surface area contributed by atoms with Crippen LogP contribution in [0.15, 0.2) is 42.6 Å². The Bertz CT molecular complexity index is 1970. The van der Waals surface area contributed by atoms with Gasteiger partial charge in [-0.15, -0.1) is 0 Å². The monoisotopic (exact) mass is 783 g/mol. The Hall–Kier alpha value is -4.11. The number of Topliss-reactive ketones (excluding diaryl/α,β-unsaturated/α-hetero) is 1. The van der Waals surface area contributed by atoms with Crippen LogP contribution >= 0.6 is 0 Å². The number of aromatic nitrogens is 1. The highest BCUT2D eigenvalue weighted by molar-refractivity contribution is 7.91. The van der Waals surface area contributed by atoms with Crippen LogP contribution < -0.4 is 14.2 Å². The van der Waals surface area contributed by atoms with Gasteiger partial charge >= 0.3 is 5.97 Å². The first-order chi connectivity index (χ1) is 26.3.